The van der Waals surface area contributed by atoms with Crippen LogP contribution in [0.4, 0.5) is 0 Å². The quantitative estimate of drug-likeness (QED) is 0.337. The smallest absolute Gasteiger partial charge is 0.191 e. The number of aliphatic imine (C=N–C) groups is 1. The molecule has 0 aromatic heterocycles. The summed E-state index contributed by atoms with van der Waals surface area (Å²) in [5.41, 5.74) is 2.71. The van der Waals surface area contributed by atoms with E-state index in [4.69, 9.17) is 9.73 Å². The molecule has 5 nitrogen and oxygen atoms in total. The van der Waals surface area contributed by atoms with Crippen molar-refractivity contribution in [1.29, 1.82) is 0 Å². The van der Waals surface area contributed by atoms with Crippen LogP contribution in [0.25, 0.3) is 0 Å². The average Bonchev–Trinajstić information content (AvgIpc) is 3.33. The Hall–Kier alpha value is -1.02. The van der Waals surface area contributed by atoms with Gasteiger partial charge in [0.2, 0.25) is 0 Å². The van der Waals surface area contributed by atoms with Gasteiger partial charge >= 0.3 is 0 Å². The molecule has 1 atom stereocenters. The molecule has 1 aromatic carbocycles. The van der Waals surface area contributed by atoms with Crippen molar-refractivity contribution in [3.05, 3.63) is 29.3 Å². The zero-order chi connectivity index (χ0) is 18.2. The van der Waals surface area contributed by atoms with Gasteiger partial charge in [0.05, 0.1) is 13.2 Å². The van der Waals surface area contributed by atoms with Gasteiger partial charge in [-0.15, -0.1) is 24.0 Å². The van der Waals surface area contributed by atoms with Crippen LogP contribution in [-0.2, 0) is 12.8 Å². The van der Waals surface area contributed by atoms with Gasteiger partial charge in [-0.3, -0.25) is 9.89 Å². The van der Waals surface area contributed by atoms with E-state index in [1.54, 1.807) is 0 Å². The summed E-state index contributed by atoms with van der Waals surface area (Å²) in [5, 5.41) is 6.88. The SMILES string of the molecule is CCNC(=NCC(CC)N1CCCC1)NCCc1ccc2c(c1)CCO2.I. The van der Waals surface area contributed by atoms with Gasteiger partial charge in [-0.2, -0.15) is 0 Å². The minimum absolute atomic E-state index is 0. The molecule has 0 amide bonds. The number of benzene rings is 1. The van der Waals surface area contributed by atoms with E-state index in [0.717, 1.165) is 50.8 Å². The second-order valence-electron chi connectivity index (χ2n) is 7.24. The van der Waals surface area contributed by atoms with Crippen molar-refractivity contribution in [2.75, 3.05) is 39.3 Å². The average molecular weight is 486 g/mol. The number of likely N-dealkylation sites (tertiary alicyclic amines) is 1. The Kier molecular flexibility index (Phi) is 9.68. The fourth-order valence-electron chi connectivity index (χ4n) is 3.87. The number of ether oxygens (including phenoxy) is 1. The first kappa shape index (κ1) is 22.3. The zero-order valence-electron chi connectivity index (χ0n) is 16.8. The molecule has 2 heterocycles. The monoisotopic (exact) mass is 486 g/mol. The van der Waals surface area contributed by atoms with Gasteiger partial charge in [0.1, 0.15) is 5.75 Å². The summed E-state index contributed by atoms with van der Waals surface area (Å²) in [5.74, 6) is 2.00. The van der Waals surface area contributed by atoms with Gasteiger partial charge in [-0.25, -0.2) is 0 Å². The third-order valence-electron chi connectivity index (χ3n) is 5.39. The van der Waals surface area contributed by atoms with Crippen LogP contribution in [0.15, 0.2) is 23.2 Å². The molecule has 2 aliphatic heterocycles. The molecular weight excluding hydrogens is 451 g/mol. The minimum atomic E-state index is 0. The summed E-state index contributed by atoms with van der Waals surface area (Å²) in [7, 11) is 0. The number of halogens is 1. The number of rotatable bonds is 8. The fraction of sp³-hybridized carbons (Fsp3) is 0.667. The van der Waals surface area contributed by atoms with E-state index in [0.29, 0.717) is 6.04 Å². The Morgan fingerprint density at radius 1 is 1.22 bits per heavy atom. The first-order valence-corrected chi connectivity index (χ1v) is 10.3. The zero-order valence-corrected chi connectivity index (χ0v) is 19.1. The van der Waals surface area contributed by atoms with Gasteiger partial charge < -0.3 is 15.4 Å². The molecule has 1 unspecified atom stereocenters. The summed E-state index contributed by atoms with van der Waals surface area (Å²) >= 11 is 0. The highest BCUT2D eigenvalue weighted by atomic mass is 127. The van der Waals surface area contributed by atoms with Crippen molar-refractivity contribution in [3.63, 3.8) is 0 Å². The highest BCUT2D eigenvalue weighted by Crippen LogP contribution is 2.25. The molecular formula is C21H35IN4O. The third kappa shape index (κ3) is 6.52. The number of hydrogen-bond acceptors (Lipinski definition) is 3. The molecule has 1 saturated heterocycles. The molecule has 0 aliphatic carbocycles. The van der Waals surface area contributed by atoms with E-state index in [-0.39, 0.29) is 24.0 Å². The molecule has 2 aliphatic rings. The van der Waals surface area contributed by atoms with Crippen LogP contribution in [0.2, 0.25) is 0 Å². The maximum Gasteiger partial charge on any atom is 0.191 e. The van der Waals surface area contributed by atoms with E-state index in [1.165, 1.54) is 43.5 Å². The minimum Gasteiger partial charge on any atom is -0.493 e. The van der Waals surface area contributed by atoms with Crippen molar-refractivity contribution < 1.29 is 4.74 Å². The van der Waals surface area contributed by atoms with E-state index < -0.39 is 0 Å². The Morgan fingerprint density at radius 2 is 2.04 bits per heavy atom. The van der Waals surface area contributed by atoms with Crippen molar-refractivity contribution in [2.24, 2.45) is 4.99 Å². The molecule has 6 heteroatoms. The lowest BCUT2D eigenvalue weighted by Gasteiger charge is -2.25. The van der Waals surface area contributed by atoms with Crippen molar-refractivity contribution in [3.8, 4) is 5.75 Å². The highest BCUT2D eigenvalue weighted by Gasteiger charge is 2.20. The highest BCUT2D eigenvalue weighted by molar-refractivity contribution is 14.0. The summed E-state index contributed by atoms with van der Waals surface area (Å²) in [4.78, 5) is 7.45. The molecule has 2 N–H and O–H groups in total. The van der Waals surface area contributed by atoms with Gasteiger partial charge in [-0.1, -0.05) is 19.1 Å². The van der Waals surface area contributed by atoms with Crippen LogP contribution in [0, 0.1) is 0 Å². The number of fused-ring (bicyclic) bond motifs is 1. The van der Waals surface area contributed by atoms with Crippen LogP contribution < -0.4 is 15.4 Å². The largest absolute Gasteiger partial charge is 0.493 e. The van der Waals surface area contributed by atoms with Crippen LogP contribution in [0.3, 0.4) is 0 Å². The van der Waals surface area contributed by atoms with Crippen LogP contribution in [0.1, 0.15) is 44.2 Å². The van der Waals surface area contributed by atoms with Gasteiger partial charge in [0.25, 0.3) is 0 Å². The van der Waals surface area contributed by atoms with Crippen LogP contribution >= 0.6 is 24.0 Å². The first-order valence-electron chi connectivity index (χ1n) is 10.3. The second-order valence-corrected chi connectivity index (χ2v) is 7.24. The van der Waals surface area contributed by atoms with Crippen molar-refractivity contribution in [2.45, 2.75) is 52.0 Å². The Morgan fingerprint density at radius 3 is 2.78 bits per heavy atom. The van der Waals surface area contributed by atoms with Crippen LogP contribution in [0.5, 0.6) is 5.75 Å². The molecule has 0 saturated carbocycles. The predicted molar refractivity (Wildman–Crippen MR) is 124 cm³/mol. The van der Waals surface area contributed by atoms with Crippen molar-refractivity contribution >= 4 is 29.9 Å². The molecule has 1 aromatic rings. The van der Waals surface area contributed by atoms with E-state index >= 15 is 0 Å². The normalized spacial score (nSPS) is 17.8. The van der Waals surface area contributed by atoms with Gasteiger partial charge in [-0.05, 0) is 62.9 Å². The maximum absolute atomic E-state index is 5.59. The Labute approximate surface area is 181 Å². The summed E-state index contributed by atoms with van der Waals surface area (Å²) in [6, 6.07) is 7.15. The number of nitrogens with zero attached hydrogens (tertiary/aromatic N) is 2. The van der Waals surface area contributed by atoms with E-state index in [9.17, 15) is 0 Å². The third-order valence-corrected chi connectivity index (χ3v) is 5.39. The maximum atomic E-state index is 5.59. The molecule has 152 valence electrons. The van der Waals surface area contributed by atoms with E-state index in [2.05, 4.69) is 47.6 Å². The van der Waals surface area contributed by atoms with Gasteiger partial charge in [0, 0.05) is 25.6 Å². The number of guanidine groups is 1. The summed E-state index contributed by atoms with van der Waals surface area (Å²) < 4.78 is 5.59. The van der Waals surface area contributed by atoms with Crippen LogP contribution in [-0.4, -0.2) is 56.2 Å². The lowest BCUT2D eigenvalue weighted by atomic mass is 10.1. The summed E-state index contributed by atoms with van der Waals surface area (Å²) in [6.07, 6.45) is 5.88. The molecule has 27 heavy (non-hydrogen) atoms. The molecule has 1 fully saturated rings. The second kappa shape index (κ2) is 11.7. The molecule has 0 radical (unpaired) electrons. The number of nitrogens with one attached hydrogen (secondary N) is 2. The summed E-state index contributed by atoms with van der Waals surface area (Å²) in [6.45, 7) is 10.4. The van der Waals surface area contributed by atoms with Gasteiger partial charge in [0.15, 0.2) is 5.96 Å². The standard InChI is InChI=1S/C21H34N4O.HI/c1-3-19(25-12-5-6-13-25)16-24-21(22-4-2)23-11-9-17-7-8-20-18(15-17)10-14-26-20;/h7-8,15,19H,3-6,9-14,16H2,1-2H3,(H2,22,23,24);1H. The first-order chi connectivity index (χ1) is 12.8. The Bertz CT molecular complexity index is 602. The van der Waals surface area contributed by atoms with E-state index in [1.807, 2.05) is 0 Å². The Balaban J connectivity index is 0.00000261. The number of hydrogen-bond donors (Lipinski definition) is 2. The molecule has 0 spiro atoms. The topological polar surface area (TPSA) is 48.9 Å². The predicted octanol–water partition coefficient (Wildman–Crippen LogP) is 3.21. The lowest BCUT2D eigenvalue weighted by Crippen LogP contribution is -2.40. The lowest BCUT2D eigenvalue weighted by molar-refractivity contribution is 0.242. The molecule has 3 rings (SSSR count). The van der Waals surface area contributed by atoms with Crippen molar-refractivity contribution in [1.82, 2.24) is 15.5 Å². The fourth-order valence-corrected chi connectivity index (χ4v) is 3.87. The molecule has 0 bridgehead atoms.